The van der Waals surface area contributed by atoms with Crippen molar-refractivity contribution < 1.29 is 4.39 Å². The fourth-order valence-corrected chi connectivity index (χ4v) is 0.984. The van der Waals surface area contributed by atoms with E-state index in [-0.39, 0.29) is 12.7 Å². The van der Waals surface area contributed by atoms with Gasteiger partial charge in [-0.1, -0.05) is 30.3 Å². The van der Waals surface area contributed by atoms with Crippen LogP contribution in [0.15, 0.2) is 30.3 Å². The Labute approximate surface area is 66.0 Å². The summed E-state index contributed by atoms with van der Waals surface area (Å²) in [6.45, 7) is -0.351. The van der Waals surface area contributed by atoms with Crippen molar-refractivity contribution in [2.24, 2.45) is 5.73 Å². The van der Waals surface area contributed by atoms with Crippen LogP contribution in [0, 0.1) is 0 Å². The zero-order valence-corrected chi connectivity index (χ0v) is 6.33. The molecule has 0 amide bonds. The van der Waals surface area contributed by atoms with Gasteiger partial charge in [0.1, 0.15) is 0 Å². The lowest BCUT2D eigenvalue weighted by Crippen LogP contribution is -2.10. The molecule has 0 heterocycles. The van der Waals surface area contributed by atoms with Crippen molar-refractivity contribution in [2.75, 3.05) is 6.67 Å². The average molecular weight is 153 g/mol. The van der Waals surface area contributed by atoms with Gasteiger partial charge in [-0.25, -0.2) is 0 Å². The lowest BCUT2D eigenvalue weighted by molar-refractivity contribution is 0.442. The number of rotatable bonds is 3. The van der Waals surface area contributed by atoms with Crippen LogP contribution in [-0.2, 0) is 0 Å². The highest BCUT2D eigenvalue weighted by Gasteiger charge is 2.02. The molecular weight excluding hydrogens is 141 g/mol. The second kappa shape index (κ2) is 4.09. The number of nitrogens with two attached hydrogens (primary N) is 1. The molecule has 0 unspecified atom stereocenters. The van der Waals surface area contributed by atoms with E-state index in [1.165, 1.54) is 0 Å². The Morgan fingerprint density at radius 3 is 2.45 bits per heavy atom. The van der Waals surface area contributed by atoms with Gasteiger partial charge in [-0.15, -0.1) is 0 Å². The molecule has 0 saturated heterocycles. The molecule has 0 saturated carbocycles. The molecule has 1 rings (SSSR count). The molecule has 0 fully saturated rings. The van der Waals surface area contributed by atoms with Crippen molar-refractivity contribution in [1.82, 2.24) is 0 Å². The van der Waals surface area contributed by atoms with Crippen molar-refractivity contribution in [3.05, 3.63) is 35.9 Å². The Bertz CT molecular complexity index is 198. The molecule has 0 bridgehead atoms. The van der Waals surface area contributed by atoms with Crippen molar-refractivity contribution in [3.8, 4) is 0 Å². The van der Waals surface area contributed by atoms with Gasteiger partial charge in [0.25, 0.3) is 0 Å². The van der Waals surface area contributed by atoms with Crippen LogP contribution in [0.5, 0.6) is 0 Å². The van der Waals surface area contributed by atoms with Gasteiger partial charge in [0.15, 0.2) is 0 Å². The predicted octanol–water partition coefficient (Wildman–Crippen LogP) is 2.05. The first kappa shape index (κ1) is 8.21. The SMILES string of the molecule is N[C@@H](CCF)c1ccccc1. The molecule has 0 spiro atoms. The summed E-state index contributed by atoms with van der Waals surface area (Å²) in [4.78, 5) is 0. The quantitative estimate of drug-likeness (QED) is 0.706. The number of halogens is 1. The largest absolute Gasteiger partial charge is 0.324 e. The summed E-state index contributed by atoms with van der Waals surface area (Å²) in [7, 11) is 0. The molecule has 60 valence electrons. The van der Waals surface area contributed by atoms with Crippen LogP contribution in [0.2, 0.25) is 0 Å². The fourth-order valence-electron chi connectivity index (χ4n) is 0.984. The summed E-state index contributed by atoms with van der Waals surface area (Å²) < 4.78 is 11.8. The van der Waals surface area contributed by atoms with Gasteiger partial charge in [-0.2, -0.15) is 0 Å². The molecule has 1 nitrogen and oxygen atoms in total. The first-order valence-electron chi connectivity index (χ1n) is 3.71. The topological polar surface area (TPSA) is 26.0 Å². The van der Waals surface area contributed by atoms with E-state index in [0.29, 0.717) is 6.42 Å². The summed E-state index contributed by atoms with van der Waals surface area (Å²) in [6, 6.07) is 9.42. The van der Waals surface area contributed by atoms with Crippen LogP contribution in [0.25, 0.3) is 0 Å². The number of benzene rings is 1. The molecule has 0 radical (unpaired) electrons. The van der Waals surface area contributed by atoms with Gasteiger partial charge in [-0.05, 0) is 12.0 Å². The van der Waals surface area contributed by atoms with Gasteiger partial charge in [0.05, 0.1) is 6.67 Å². The number of hydrogen-bond donors (Lipinski definition) is 1. The molecule has 0 aliphatic carbocycles. The predicted molar refractivity (Wildman–Crippen MR) is 44.0 cm³/mol. The van der Waals surface area contributed by atoms with Crippen LogP contribution in [0.4, 0.5) is 4.39 Å². The molecule has 0 aliphatic heterocycles. The summed E-state index contributed by atoms with van der Waals surface area (Å²) in [5.74, 6) is 0. The van der Waals surface area contributed by atoms with Gasteiger partial charge in [0.2, 0.25) is 0 Å². The van der Waals surface area contributed by atoms with E-state index >= 15 is 0 Å². The third-order valence-electron chi connectivity index (χ3n) is 1.65. The van der Waals surface area contributed by atoms with Crippen LogP contribution >= 0.6 is 0 Å². The molecule has 11 heavy (non-hydrogen) atoms. The lowest BCUT2D eigenvalue weighted by Gasteiger charge is -2.08. The molecule has 2 N–H and O–H groups in total. The van der Waals surface area contributed by atoms with E-state index in [4.69, 9.17) is 5.73 Å². The lowest BCUT2D eigenvalue weighted by atomic mass is 10.1. The summed E-state index contributed by atoms with van der Waals surface area (Å²) in [5, 5.41) is 0. The van der Waals surface area contributed by atoms with E-state index in [1.807, 2.05) is 30.3 Å². The third kappa shape index (κ3) is 2.31. The minimum Gasteiger partial charge on any atom is -0.324 e. The highest BCUT2D eigenvalue weighted by atomic mass is 19.1. The Kier molecular flexibility index (Phi) is 3.05. The number of hydrogen-bond acceptors (Lipinski definition) is 1. The van der Waals surface area contributed by atoms with Crippen molar-refractivity contribution in [2.45, 2.75) is 12.5 Å². The highest BCUT2D eigenvalue weighted by molar-refractivity contribution is 5.18. The molecule has 0 aliphatic rings. The second-order valence-electron chi connectivity index (χ2n) is 2.49. The van der Waals surface area contributed by atoms with Gasteiger partial charge in [0, 0.05) is 6.04 Å². The Morgan fingerprint density at radius 1 is 1.27 bits per heavy atom. The second-order valence-corrected chi connectivity index (χ2v) is 2.49. The van der Waals surface area contributed by atoms with Crippen molar-refractivity contribution in [1.29, 1.82) is 0 Å². The Morgan fingerprint density at radius 2 is 1.91 bits per heavy atom. The van der Waals surface area contributed by atoms with Crippen LogP contribution in [0.3, 0.4) is 0 Å². The zero-order chi connectivity index (χ0) is 8.10. The summed E-state index contributed by atoms with van der Waals surface area (Å²) in [5.41, 5.74) is 6.67. The first-order valence-corrected chi connectivity index (χ1v) is 3.71. The van der Waals surface area contributed by atoms with E-state index in [1.54, 1.807) is 0 Å². The van der Waals surface area contributed by atoms with E-state index < -0.39 is 0 Å². The molecule has 1 atom stereocenters. The van der Waals surface area contributed by atoms with E-state index in [0.717, 1.165) is 5.56 Å². The molecule has 1 aromatic carbocycles. The minimum atomic E-state index is -0.351. The maximum atomic E-state index is 11.8. The third-order valence-corrected chi connectivity index (χ3v) is 1.65. The van der Waals surface area contributed by atoms with Gasteiger partial charge in [-0.3, -0.25) is 4.39 Å². The smallest absolute Gasteiger partial charge is 0.0912 e. The van der Waals surface area contributed by atoms with Crippen LogP contribution in [0.1, 0.15) is 18.0 Å². The number of alkyl halides is 1. The van der Waals surface area contributed by atoms with Gasteiger partial charge >= 0.3 is 0 Å². The maximum Gasteiger partial charge on any atom is 0.0912 e. The Hall–Kier alpha value is -0.890. The standard InChI is InChI=1S/C9H12FN/c10-7-6-9(11)8-4-2-1-3-5-8/h1-5,9H,6-7,11H2/t9-/m0/s1. The minimum absolute atomic E-state index is 0.152. The molecule has 0 aromatic heterocycles. The van der Waals surface area contributed by atoms with E-state index in [9.17, 15) is 4.39 Å². The van der Waals surface area contributed by atoms with Gasteiger partial charge < -0.3 is 5.73 Å². The normalized spacial score (nSPS) is 12.9. The monoisotopic (exact) mass is 153 g/mol. The molecule has 2 heteroatoms. The summed E-state index contributed by atoms with van der Waals surface area (Å²) >= 11 is 0. The van der Waals surface area contributed by atoms with Crippen LogP contribution < -0.4 is 5.73 Å². The van der Waals surface area contributed by atoms with Crippen LogP contribution in [-0.4, -0.2) is 6.67 Å². The first-order chi connectivity index (χ1) is 5.34. The highest BCUT2D eigenvalue weighted by Crippen LogP contribution is 2.12. The maximum absolute atomic E-state index is 11.8. The zero-order valence-electron chi connectivity index (χ0n) is 6.33. The van der Waals surface area contributed by atoms with Crippen molar-refractivity contribution >= 4 is 0 Å². The van der Waals surface area contributed by atoms with Crippen molar-refractivity contribution in [3.63, 3.8) is 0 Å². The molecular formula is C9H12FN. The Balaban J connectivity index is 2.61. The summed E-state index contributed by atoms with van der Waals surface area (Å²) in [6.07, 6.45) is 0.407. The van der Waals surface area contributed by atoms with E-state index in [2.05, 4.69) is 0 Å². The fraction of sp³-hybridized carbons (Fsp3) is 0.333. The average Bonchev–Trinajstić information content (AvgIpc) is 2.07. The molecule has 1 aromatic rings.